The van der Waals surface area contributed by atoms with Gasteiger partial charge in [-0.2, -0.15) is 5.10 Å². The summed E-state index contributed by atoms with van der Waals surface area (Å²) in [5.41, 5.74) is 4.35. The van der Waals surface area contributed by atoms with E-state index in [0.29, 0.717) is 0 Å². The molecule has 1 aromatic heterocycles. The normalized spacial score (nSPS) is 15.3. The van der Waals surface area contributed by atoms with Crippen molar-refractivity contribution in [3.63, 3.8) is 0 Å². The molecule has 0 unspecified atom stereocenters. The Bertz CT molecular complexity index is 372. The third-order valence-corrected chi connectivity index (χ3v) is 3.56. The average Bonchev–Trinajstić information content (AvgIpc) is 2.59. The van der Waals surface area contributed by atoms with Crippen molar-refractivity contribution in [1.29, 1.82) is 0 Å². The lowest BCUT2D eigenvalue weighted by Gasteiger charge is -2.08. The third kappa shape index (κ3) is 2.65. The maximum atomic E-state index is 10.6. The topological polar surface area (TPSA) is 41.5 Å². The second-order valence-corrected chi connectivity index (χ2v) is 4.88. The van der Waals surface area contributed by atoms with Gasteiger partial charge in [0.15, 0.2) is 5.78 Å². The Morgan fingerprint density at radius 2 is 2.33 bits per heavy atom. The molecular formula is C11H14N2OS. The first-order chi connectivity index (χ1) is 7.25. The van der Waals surface area contributed by atoms with Gasteiger partial charge in [0.1, 0.15) is 5.00 Å². The van der Waals surface area contributed by atoms with E-state index in [0.717, 1.165) is 5.00 Å². The van der Waals surface area contributed by atoms with Gasteiger partial charge in [-0.25, -0.2) is 0 Å². The summed E-state index contributed by atoms with van der Waals surface area (Å²) >= 11 is 1.75. The van der Waals surface area contributed by atoms with Crippen LogP contribution in [0.2, 0.25) is 0 Å². The van der Waals surface area contributed by atoms with Gasteiger partial charge in [-0.05, 0) is 37.3 Å². The Labute approximate surface area is 93.2 Å². The van der Waals surface area contributed by atoms with Gasteiger partial charge in [0, 0.05) is 11.8 Å². The molecular weight excluding hydrogens is 208 g/mol. The van der Waals surface area contributed by atoms with Crippen LogP contribution in [0.15, 0.2) is 11.2 Å². The first kappa shape index (κ1) is 10.4. The first-order valence-electron chi connectivity index (χ1n) is 5.17. The summed E-state index contributed by atoms with van der Waals surface area (Å²) in [5, 5.41) is 4.91. The number of Topliss-reactive ketones (excluding diaryl/α,β-unsaturated/α-hetero) is 1. The van der Waals surface area contributed by atoms with Crippen LogP contribution >= 0.6 is 11.3 Å². The summed E-state index contributed by atoms with van der Waals surface area (Å²) in [4.78, 5) is 12.1. The van der Waals surface area contributed by atoms with Crippen molar-refractivity contribution < 1.29 is 4.79 Å². The molecule has 80 valence electrons. The SMILES string of the molecule is CC(=O)/C=N/Nc1cc2c(s1)CCCC2. The molecule has 1 aliphatic carbocycles. The molecule has 1 aliphatic rings. The van der Waals surface area contributed by atoms with Gasteiger partial charge in [0.05, 0.1) is 6.21 Å². The number of aryl methyl sites for hydroxylation is 2. The molecule has 15 heavy (non-hydrogen) atoms. The quantitative estimate of drug-likeness (QED) is 0.631. The Balaban J connectivity index is 2.03. The first-order valence-corrected chi connectivity index (χ1v) is 5.98. The van der Waals surface area contributed by atoms with Crippen LogP contribution < -0.4 is 5.43 Å². The fourth-order valence-corrected chi connectivity index (χ4v) is 2.84. The highest BCUT2D eigenvalue weighted by Crippen LogP contribution is 2.32. The minimum Gasteiger partial charge on any atom is -0.293 e. The Morgan fingerprint density at radius 3 is 3.07 bits per heavy atom. The smallest absolute Gasteiger partial charge is 0.172 e. The van der Waals surface area contributed by atoms with Gasteiger partial charge in [-0.15, -0.1) is 11.3 Å². The second-order valence-electron chi connectivity index (χ2n) is 3.75. The van der Waals surface area contributed by atoms with Crippen LogP contribution in [-0.4, -0.2) is 12.0 Å². The molecule has 0 aliphatic heterocycles. The van der Waals surface area contributed by atoms with E-state index in [4.69, 9.17) is 0 Å². The summed E-state index contributed by atoms with van der Waals surface area (Å²) in [6.07, 6.45) is 6.27. The molecule has 0 aromatic carbocycles. The number of carbonyl (C=O) groups excluding carboxylic acids is 1. The summed E-state index contributed by atoms with van der Waals surface area (Å²) in [6.45, 7) is 1.49. The maximum absolute atomic E-state index is 10.6. The monoisotopic (exact) mass is 222 g/mol. The lowest BCUT2D eigenvalue weighted by molar-refractivity contribution is -0.110. The van der Waals surface area contributed by atoms with E-state index in [1.54, 1.807) is 11.3 Å². The fraction of sp³-hybridized carbons (Fsp3) is 0.455. The molecule has 1 aromatic rings. The van der Waals surface area contributed by atoms with E-state index in [-0.39, 0.29) is 5.78 Å². The molecule has 2 rings (SSSR count). The number of hydrazone groups is 1. The average molecular weight is 222 g/mol. The molecule has 0 saturated heterocycles. The molecule has 3 nitrogen and oxygen atoms in total. The largest absolute Gasteiger partial charge is 0.293 e. The maximum Gasteiger partial charge on any atom is 0.172 e. The predicted molar refractivity (Wildman–Crippen MR) is 63.8 cm³/mol. The molecule has 0 fully saturated rings. The Kier molecular flexibility index (Phi) is 3.16. The summed E-state index contributed by atoms with van der Waals surface area (Å²) in [5.74, 6) is -0.0381. The van der Waals surface area contributed by atoms with E-state index in [2.05, 4.69) is 16.6 Å². The molecule has 0 amide bonds. The molecule has 1 N–H and O–H groups in total. The number of ketones is 1. The second kappa shape index (κ2) is 4.57. The van der Waals surface area contributed by atoms with Crippen molar-refractivity contribution in [1.82, 2.24) is 0 Å². The van der Waals surface area contributed by atoms with Gasteiger partial charge in [0.2, 0.25) is 0 Å². The van der Waals surface area contributed by atoms with Gasteiger partial charge in [-0.3, -0.25) is 10.2 Å². The van der Waals surface area contributed by atoms with Gasteiger partial charge in [0.25, 0.3) is 0 Å². The third-order valence-electron chi connectivity index (χ3n) is 2.42. The highest BCUT2D eigenvalue weighted by atomic mass is 32.1. The standard InChI is InChI=1S/C11H14N2OS/c1-8(14)7-12-13-11-6-9-4-2-3-5-10(9)15-11/h6-7,13H,2-5H2,1H3/b12-7+. The van der Waals surface area contributed by atoms with E-state index in [1.807, 2.05) is 0 Å². The number of rotatable bonds is 3. The van der Waals surface area contributed by atoms with Crippen molar-refractivity contribution in [2.75, 3.05) is 5.43 Å². The number of thiophene rings is 1. The molecule has 0 atom stereocenters. The zero-order chi connectivity index (χ0) is 10.7. The van der Waals surface area contributed by atoms with Crippen molar-refractivity contribution in [2.24, 2.45) is 5.10 Å². The summed E-state index contributed by atoms with van der Waals surface area (Å²) in [6, 6.07) is 2.15. The van der Waals surface area contributed by atoms with E-state index in [1.165, 1.54) is 49.3 Å². The van der Waals surface area contributed by atoms with Crippen LogP contribution in [0.3, 0.4) is 0 Å². The van der Waals surface area contributed by atoms with Gasteiger partial charge in [-0.1, -0.05) is 0 Å². The summed E-state index contributed by atoms with van der Waals surface area (Å²) < 4.78 is 0. The van der Waals surface area contributed by atoms with Crippen LogP contribution in [0.5, 0.6) is 0 Å². The highest BCUT2D eigenvalue weighted by molar-refractivity contribution is 7.16. The number of fused-ring (bicyclic) bond motifs is 1. The number of nitrogens with zero attached hydrogens (tertiary/aromatic N) is 1. The molecule has 0 saturated carbocycles. The van der Waals surface area contributed by atoms with Crippen molar-refractivity contribution >= 4 is 28.3 Å². The molecule has 0 bridgehead atoms. The van der Waals surface area contributed by atoms with Crippen LogP contribution in [0.1, 0.15) is 30.2 Å². The van der Waals surface area contributed by atoms with Crippen molar-refractivity contribution in [3.05, 3.63) is 16.5 Å². The van der Waals surface area contributed by atoms with E-state index in [9.17, 15) is 4.79 Å². The predicted octanol–water partition coefficient (Wildman–Crippen LogP) is 2.61. The lowest BCUT2D eigenvalue weighted by Crippen LogP contribution is -1.96. The van der Waals surface area contributed by atoms with Gasteiger partial charge < -0.3 is 0 Å². The number of hydrogen-bond acceptors (Lipinski definition) is 4. The van der Waals surface area contributed by atoms with Crippen LogP contribution in [0.25, 0.3) is 0 Å². The van der Waals surface area contributed by atoms with Crippen molar-refractivity contribution in [2.45, 2.75) is 32.6 Å². The Hall–Kier alpha value is -1.16. The number of nitrogens with one attached hydrogen (secondary N) is 1. The lowest BCUT2D eigenvalue weighted by atomic mass is 10.00. The zero-order valence-corrected chi connectivity index (χ0v) is 9.56. The zero-order valence-electron chi connectivity index (χ0n) is 8.75. The molecule has 0 radical (unpaired) electrons. The minimum absolute atomic E-state index is 0.0381. The summed E-state index contributed by atoms with van der Waals surface area (Å²) in [7, 11) is 0. The minimum atomic E-state index is -0.0381. The van der Waals surface area contributed by atoms with Crippen LogP contribution in [-0.2, 0) is 17.6 Å². The van der Waals surface area contributed by atoms with Gasteiger partial charge >= 0.3 is 0 Å². The number of hydrogen-bond donors (Lipinski definition) is 1. The number of anilines is 1. The van der Waals surface area contributed by atoms with E-state index < -0.39 is 0 Å². The Morgan fingerprint density at radius 1 is 1.53 bits per heavy atom. The fourth-order valence-electron chi connectivity index (χ4n) is 1.73. The number of carbonyl (C=O) groups is 1. The highest BCUT2D eigenvalue weighted by Gasteiger charge is 2.12. The van der Waals surface area contributed by atoms with E-state index >= 15 is 0 Å². The van der Waals surface area contributed by atoms with Crippen LogP contribution in [0.4, 0.5) is 5.00 Å². The molecule has 4 heteroatoms. The van der Waals surface area contributed by atoms with Crippen molar-refractivity contribution in [3.8, 4) is 0 Å². The van der Waals surface area contributed by atoms with Crippen LogP contribution in [0, 0.1) is 0 Å². The molecule has 1 heterocycles. The molecule has 0 spiro atoms.